The second kappa shape index (κ2) is 15.7. The zero-order valence-corrected chi connectivity index (χ0v) is 24.6. The van der Waals surface area contributed by atoms with Gasteiger partial charge in [0.15, 0.2) is 0 Å². The predicted octanol–water partition coefficient (Wildman–Crippen LogP) is 3.77. The highest BCUT2D eigenvalue weighted by Gasteiger charge is 2.35. The molecule has 13 heteroatoms. The Morgan fingerprint density at radius 1 is 0.951 bits per heavy atom. The van der Waals surface area contributed by atoms with Crippen molar-refractivity contribution in [3.8, 4) is 0 Å². The zero-order chi connectivity index (χ0) is 30.6. The summed E-state index contributed by atoms with van der Waals surface area (Å²) in [5.41, 5.74) is 2.42. The van der Waals surface area contributed by atoms with Crippen LogP contribution >= 0.6 is 0 Å². The topological polar surface area (TPSA) is 174 Å². The standard InChI is InChI=1S/C26H33N5O7S.C2H6/c1-17-7-3-4-9-21(17)29-26(36)28-19-12-10-18(11-13-19)27-23(32)16-22(30-39(2,37)38)25(35)31-14-6-5-8-20(31)15-24(33)34;1-2/h3-4,7,9-13,20,22,30H,5-6,8,14-16H2,1-2H3,(H,27,32)(H,33,34)(H2,28,29,36);1-2H3. The van der Waals surface area contributed by atoms with Crippen LogP contribution in [0.4, 0.5) is 21.9 Å². The van der Waals surface area contributed by atoms with Crippen LogP contribution < -0.4 is 20.7 Å². The Balaban J connectivity index is 0.00000287. The summed E-state index contributed by atoms with van der Waals surface area (Å²) in [7, 11) is -3.85. The van der Waals surface area contributed by atoms with Gasteiger partial charge in [-0.15, -0.1) is 0 Å². The molecule has 1 fully saturated rings. The van der Waals surface area contributed by atoms with Gasteiger partial charge in [0.25, 0.3) is 0 Å². The third kappa shape index (κ3) is 11.2. The molecule has 0 aliphatic carbocycles. The van der Waals surface area contributed by atoms with Crippen molar-refractivity contribution < 1.29 is 32.7 Å². The van der Waals surface area contributed by atoms with Gasteiger partial charge in [0.1, 0.15) is 6.04 Å². The van der Waals surface area contributed by atoms with Gasteiger partial charge in [-0.25, -0.2) is 17.9 Å². The van der Waals surface area contributed by atoms with Crippen LogP contribution in [-0.2, 0) is 24.4 Å². The fraction of sp³-hybridized carbons (Fsp3) is 0.429. The Labute approximate surface area is 240 Å². The van der Waals surface area contributed by atoms with Crippen LogP contribution in [0.3, 0.4) is 0 Å². The first-order valence-electron chi connectivity index (χ1n) is 13.4. The van der Waals surface area contributed by atoms with Crippen molar-refractivity contribution in [3.05, 3.63) is 54.1 Å². The molecular weight excluding hydrogens is 550 g/mol. The van der Waals surface area contributed by atoms with Crippen molar-refractivity contribution in [2.45, 2.75) is 65.0 Å². The van der Waals surface area contributed by atoms with E-state index in [1.54, 1.807) is 30.3 Å². The lowest BCUT2D eigenvalue weighted by molar-refractivity contribution is -0.143. The first-order valence-corrected chi connectivity index (χ1v) is 15.3. The van der Waals surface area contributed by atoms with Crippen molar-refractivity contribution in [2.75, 3.05) is 28.8 Å². The second-order valence-electron chi connectivity index (χ2n) is 9.45. The Bertz CT molecular complexity index is 1320. The van der Waals surface area contributed by atoms with Gasteiger partial charge < -0.3 is 26.0 Å². The monoisotopic (exact) mass is 589 g/mol. The molecule has 2 aromatic carbocycles. The number of nitrogens with one attached hydrogen (secondary N) is 4. The molecule has 0 radical (unpaired) electrons. The molecule has 2 unspecified atom stereocenters. The number of para-hydroxylation sites is 1. The maximum atomic E-state index is 13.2. The number of carboxylic acids is 1. The average molecular weight is 590 g/mol. The molecule has 2 aromatic rings. The lowest BCUT2D eigenvalue weighted by Crippen LogP contribution is -2.54. The highest BCUT2D eigenvalue weighted by Crippen LogP contribution is 2.22. The minimum Gasteiger partial charge on any atom is -0.481 e. The van der Waals surface area contributed by atoms with Gasteiger partial charge in [0.05, 0.1) is 19.1 Å². The van der Waals surface area contributed by atoms with Crippen molar-refractivity contribution in [3.63, 3.8) is 0 Å². The number of sulfonamides is 1. The molecule has 4 amide bonds. The molecule has 0 aromatic heterocycles. The van der Waals surface area contributed by atoms with Gasteiger partial charge in [0, 0.05) is 29.6 Å². The molecule has 3 rings (SSSR count). The minimum atomic E-state index is -3.85. The molecule has 12 nitrogen and oxygen atoms in total. The van der Waals surface area contributed by atoms with Gasteiger partial charge in [-0.2, -0.15) is 0 Å². The summed E-state index contributed by atoms with van der Waals surface area (Å²) in [6, 6.07) is 11.2. The molecule has 5 N–H and O–H groups in total. The van der Waals surface area contributed by atoms with Gasteiger partial charge in [-0.05, 0) is 62.1 Å². The van der Waals surface area contributed by atoms with E-state index in [0.717, 1.165) is 18.2 Å². The van der Waals surface area contributed by atoms with Crippen LogP contribution in [0, 0.1) is 6.92 Å². The van der Waals surface area contributed by atoms with Crippen molar-refractivity contribution in [1.29, 1.82) is 0 Å². The molecule has 0 spiro atoms. The molecule has 1 aliphatic rings. The van der Waals surface area contributed by atoms with E-state index in [1.165, 1.54) is 4.90 Å². The minimum absolute atomic E-state index is 0.257. The fourth-order valence-electron chi connectivity index (χ4n) is 4.37. The number of carbonyl (C=O) groups is 4. The number of hydrogen-bond acceptors (Lipinski definition) is 6. The smallest absolute Gasteiger partial charge is 0.323 e. The van der Waals surface area contributed by atoms with E-state index in [-0.39, 0.29) is 13.0 Å². The number of benzene rings is 2. The lowest BCUT2D eigenvalue weighted by Gasteiger charge is -2.37. The summed E-state index contributed by atoms with van der Waals surface area (Å²) in [5, 5.41) is 17.3. The molecule has 1 saturated heterocycles. The number of hydrogen-bond donors (Lipinski definition) is 5. The number of carbonyl (C=O) groups excluding carboxylic acids is 3. The number of nitrogens with zero attached hydrogens (tertiary/aromatic N) is 1. The van der Waals surface area contributed by atoms with E-state index in [0.29, 0.717) is 29.9 Å². The number of aliphatic carboxylic acids is 1. The molecular formula is C28H39N5O7S. The quantitative estimate of drug-likeness (QED) is 0.280. The second-order valence-corrected chi connectivity index (χ2v) is 11.2. The fourth-order valence-corrected chi connectivity index (χ4v) is 5.08. The van der Waals surface area contributed by atoms with E-state index in [9.17, 15) is 32.7 Å². The van der Waals surface area contributed by atoms with Crippen molar-refractivity contribution in [2.24, 2.45) is 0 Å². The summed E-state index contributed by atoms with van der Waals surface area (Å²) in [5.74, 6) is -2.31. The number of amides is 4. The Hall–Kier alpha value is -3.97. The number of carboxylic acid groups (broad SMARTS) is 1. The van der Waals surface area contributed by atoms with Gasteiger partial charge in [0.2, 0.25) is 21.8 Å². The van der Waals surface area contributed by atoms with Crippen LogP contribution in [0.1, 0.15) is 51.5 Å². The number of rotatable bonds is 10. The zero-order valence-electron chi connectivity index (χ0n) is 23.8. The van der Waals surface area contributed by atoms with Crippen LogP contribution in [0.5, 0.6) is 0 Å². The summed E-state index contributed by atoms with van der Waals surface area (Å²) >= 11 is 0. The molecule has 224 valence electrons. The van der Waals surface area contributed by atoms with Crippen LogP contribution in [0.25, 0.3) is 0 Å². The maximum Gasteiger partial charge on any atom is 0.323 e. The third-order valence-electron chi connectivity index (χ3n) is 6.18. The normalized spacial score (nSPS) is 15.5. The van der Waals surface area contributed by atoms with E-state index < -0.39 is 52.3 Å². The van der Waals surface area contributed by atoms with Crippen LogP contribution in [0.15, 0.2) is 48.5 Å². The van der Waals surface area contributed by atoms with E-state index in [1.807, 2.05) is 39.0 Å². The van der Waals surface area contributed by atoms with E-state index in [4.69, 9.17) is 0 Å². The first kappa shape index (κ1) is 33.2. The third-order valence-corrected chi connectivity index (χ3v) is 6.90. The predicted molar refractivity (Wildman–Crippen MR) is 158 cm³/mol. The summed E-state index contributed by atoms with van der Waals surface area (Å²) in [6.07, 6.45) is 2.04. The van der Waals surface area contributed by atoms with Gasteiger partial charge >= 0.3 is 12.0 Å². The number of anilines is 3. The summed E-state index contributed by atoms with van der Waals surface area (Å²) in [6.45, 7) is 6.16. The number of likely N-dealkylation sites (tertiary alicyclic amines) is 1. The molecule has 41 heavy (non-hydrogen) atoms. The van der Waals surface area contributed by atoms with Gasteiger partial charge in [-0.1, -0.05) is 32.0 Å². The van der Waals surface area contributed by atoms with Crippen molar-refractivity contribution >= 4 is 50.9 Å². The number of aryl methyl sites for hydroxylation is 1. The summed E-state index contributed by atoms with van der Waals surface area (Å²) < 4.78 is 26.1. The molecule has 1 heterocycles. The van der Waals surface area contributed by atoms with E-state index in [2.05, 4.69) is 20.7 Å². The van der Waals surface area contributed by atoms with Crippen LogP contribution in [0.2, 0.25) is 0 Å². The highest BCUT2D eigenvalue weighted by atomic mass is 32.2. The largest absolute Gasteiger partial charge is 0.481 e. The first-order chi connectivity index (χ1) is 19.4. The highest BCUT2D eigenvalue weighted by molar-refractivity contribution is 7.88. The average Bonchev–Trinajstić information content (AvgIpc) is 2.91. The molecule has 2 atom stereocenters. The Morgan fingerprint density at radius 2 is 1.56 bits per heavy atom. The van der Waals surface area contributed by atoms with Crippen LogP contribution in [-0.4, -0.2) is 67.1 Å². The Morgan fingerprint density at radius 3 is 2.15 bits per heavy atom. The molecule has 0 saturated carbocycles. The Kier molecular flexibility index (Phi) is 12.7. The number of piperidine rings is 1. The van der Waals surface area contributed by atoms with Crippen molar-refractivity contribution in [1.82, 2.24) is 9.62 Å². The lowest BCUT2D eigenvalue weighted by atomic mass is 9.98. The molecule has 0 bridgehead atoms. The maximum absolute atomic E-state index is 13.2. The number of urea groups is 1. The van der Waals surface area contributed by atoms with E-state index >= 15 is 0 Å². The SMILES string of the molecule is CC.Cc1ccccc1NC(=O)Nc1ccc(NC(=O)CC(NS(C)(=O)=O)C(=O)N2CCCCC2CC(=O)O)cc1. The molecule has 1 aliphatic heterocycles. The summed E-state index contributed by atoms with van der Waals surface area (Å²) in [4.78, 5) is 50.9. The van der Waals surface area contributed by atoms with Gasteiger partial charge in [-0.3, -0.25) is 14.4 Å².